The number of benzene rings is 1. The van der Waals surface area contributed by atoms with E-state index in [1.54, 1.807) is 0 Å². The number of morpholine rings is 1. The zero-order valence-corrected chi connectivity index (χ0v) is 14.7. The Hall–Kier alpha value is -2.60. The van der Waals surface area contributed by atoms with Gasteiger partial charge < -0.3 is 19.1 Å². The van der Waals surface area contributed by atoms with Crippen molar-refractivity contribution in [1.29, 1.82) is 0 Å². The van der Waals surface area contributed by atoms with E-state index < -0.39 is 0 Å². The minimum absolute atomic E-state index is 0.0887. The molecule has 0 unspecified atom stereocenters. The summed E-state index contributed by atoms with van der Waals surface area (Å²) in [5.74, 6) is 1.20. The second kappa shape index (κ2) is 6.29. The maximum atomic E-state index is 12.8. The van der Waals surface area contributed by atoms with Crippen molar-refractivity contribution in [2.24, 2.45) is 0 Å². The van der Waals surface area contributed by atoms with E-state index in [9.17, 15) is 4.79 Å². The van der Waals surface area contributed by atoms with Crippen LogP contribution in [0.1, 0.15) is 16.2 Å². The van der Waals surface area contributed by atoms with Crippen molar-refractivity contribution >= 4 is 16.9 Å². The molecule has 1 aromatic carbocycles. The van der Waals surface area contributed by atoms with Gasteiger partial charge in [0.15, 0.2) is 0 Å². The van der Waals surface area contributed by atoms with Crippen molar-refractivity contribution in [3.63, 3.8) is 0 Å². The number of hydrogen-bond acceptors (Lipinski definition) is 4. The van der Waals surface area contributed by atoms with Crippen molar-refractivity contribution < 1.29 is 9.53 Å². The smallest absolute Gasteiger partial charge is 0.254 e. The van der Waals surface area contributed by atoms with Crippen molar-refractivity contribution in [1.82, 2.24) is 19.4 Å². The number of carbonyl (C=O) groups is 1. The number of nitrogens with zero attached hydrogens (tertiary/aromatic N) is 4. The lowest BCUT2D eigenvalue weighted by molar-refractivity contribution is 0.0303. The molecule has 0 bridgehead atoms. The van der Waals surface area contributed by atoms with Crippen LogP contribution in [0.25, 0.3) is 11.0 Å². The Morgan fingerprint density at radius 2 is 1.92 bits per heavy atom. The molecular formula is C20H22N4O2. The summed E-state index contributed by atoms with van der Waals surface area (Å²) >= 11 is 0. The normalized spacial score (nSPS) is 19.8. The second-order valence-corrected chi connectivity index (χ2v) is 6.98. The number of hydrogen-bond donors (Lipinski definition) is 0. The summed E-state index contributed by atoms with van der Waals surface area (Å²) < 4.78 is 7.64. The van der Waals surface area contributed by atoms with Crippen LogP contribution in [-0.2, 0) is 17.7 Å². The molecule has 3 aliphatic rings. The molecule has 3 heterocycles. The number of allylic oxidation sites excluding steroid dienone is 3. The summed E-state index contributed by atoms with van der Waals surface area (Å²) in [5.41, 5.74) is 4.10. The maximum Gasteiger partial charge on any atom is 0.254 e. The SMILES string of the molecule is O=C(c1ccc2nc3n(c2c1)CCN(C1=CC=C1)CC3)N1CCOCC1. The fourth-order valence-electron chi connectivity index (χ4n) is 3.91. The highest BCUT2D eigenvalue weighted by Gasteiger charge is 2.22. The standard InChI is InChI=1S/C20H22N4O2/c25-20(23-10-12-26-13-11-23)15-4-5-17-18(14-15)24-9-8-22(16-2-1-3-16)7-6-19(24)21-17/h1-5,14H,6-13H2. The van der Waals surface area contributed by atoms with Gasteiger partial charge >= 0.3 is 0 Å². The minimum Gasteiger partial charge on any atom is -0.378 e. The lowest BCUT2D eigenvalue weighted by atomic mass is 10.1. The Morgan fingerprint density at radius 3 is 2.69 bits per heavy atom. The van der Waals surface area contributed by atoms with Crippen molar-refractivity contribution in [3.05, 3.63) is 53.5 Å². The zero-order valence-electron chi connectivity index (χ0n) is 14.7. The van der Waals surface area contributed by atoms with Crippen LogP contribution in [0.5, 0.6) is 0 Å². The van der Waals surface area contributed by atoms with Crippen LogP contribution in [0.3, 0.4) is 0 Å². The van der Waals surface area contributed by atoms with E-state index in [1.165, 1.54) is 5.70 Å². The molecule has 6 heteroatoms. The topological polar surface area (TPSA) is 50.6 Å². The third-order valence-electron chi connectivity index (χ3n) is 5.47. The largest absolute Gasteiger partial charge is 0.378 e. The van der Waals surface area contributed by atoms with E-state index in [4.69, 9.17) is 9.72 Å². The number of aromatic nitrogens is 2. The first-order valence-corrected chi connectivity index (χ1v) is 9.29. The van der Waals surface area contributed by atoms with E-state index >= 15 is 0 Å². The lowest BCUT2D eigenvalue weighted by Crippen LogP contribution is -2.40. The van der Waals surface area contributed by atoms with E-state index in [1.807, 2.05) is 23.1 Å². The molecule has 0 N–H and O–H groups in total. The molecule has 2 aliphatic heterocycles. The molecule has 134 valence electrons. The second-order valence-electron chi connectivity index (χ2n) is 6.98. The number of amides is 1. The molecule has 0 atom stereocenters. The van der Waals surface area contributed by atoms with Gasteiger partial charge in [0.2, 0.25) is 0 Å². The van der Waals surface area contributed by atoms with Gasteiger partial charge in [0.05, 0.1) is 24.2 Å². The Balaban J connectivity index is 1.43. The molecule has 1 amide bonds. The van der Waals surface area contributed by atoms with Gasteiger partial charge in [0.1, 0.15) is 5.82 Å². The molecule has 0 saturated carbocycles. The molecular weight excluding hydrogens is 328 g/mol. The molecule has 1 aliphatic carbocycles. The van der Waals surface area contributed by atoms with Gasteiger partial charge in [-0.15, -0.1) is 0 Å². The summed E-state index contributed by atoms with van der Waals surface area (Å²) in [4.78, 5) is 21.9. The van der Waals surface area contributed by atoms with Crippen LogP contribution >= 0.6 is 0 Å². The predicted octanol–water partition coefficient (Wildman–Crippen LogP) is 1.82. The fraction of sp³-hybridized carbons (Fsp3) is 0.400. The molecule has 1 saturated heterocycles. The van der Waals surface area contributed by atoms with E-state index in [-0.39, 0.29) is 5.91 Å². The molecule has 5 rings (SSSR count). The maximum absolute atomic E-state index is 12.8. The van der Waals surface area contributed by atoms with Crippen LogP contribution in [0.4, 0.5) is 0 Å². The Labute approximate surface area is 152 Å². The third kappa shape index (κ3) is 2.61. The number of ether oxygens (including phenoxy) is 1. The van der Waals surface area contributed by atoms with E-state index in [0.717, 1.165) is 48.5 Å². The molecule has 1 fully saturated rings. The monoisotopic (exact) mass is 350 g/mol. The number of rotatable bonds is 2. The number of imidazole rings is 1. The number of fused-ring (bicyclic) bond motifs is 3. The van der Waals surface area contributed by atoms with Crippen LogP contribution in [0.2, 0.25) is 0 Å². The fourth-order valence-corrected chi connectivity index (χ4v) is 3.91. The van der Waals surface area contributed by atoms with Crippen LogP contribution in [0, 0.1) is 0 Å². The average Bonchev–Trinajstić information content (AvgIpc) is 2.86. The third-order valence-corrected chi connectivity index (χ3v) is 5.47. The molecule has 26 heavy (non-hydrogen) atoms. The summed E-state index contributed by atoms with van der Waals surface area (Å²) in [6, 6.07) is 5.91. The van der Waals surface area contributed by atoms with E-state index in [2.05, 4.69) is 27.7 Å². The summed E-state index contributed by atoms with van der Waals surface area (Å²) in [6.45, 7) is 5.42. The van der Waals surface area contributed by atoms with Crippen LogP contribution in [-0.4, -0.2) is 64.7 Å². The molecule has 1 aromatic heterocycles. The first kappa shape index (κ1) is 15.6. The van der Waals surface area contributed by atoms with Gasteiger partial charge in [-0.2, -0.15) is 0 Å². The quantitative estimate of drug-likeness (QED) is 0.829. The van der Waals surface area contributed by atoms with Gasteiger partial charge in [-0.25, -0.2) is 4.98 Å². The van der Waals surface area contributed by atoms with Gasteiger partial charge in [-0.05, 0) is 30.4 Å². The predicted molar refractivity (Wildman–Crippen MR) is 99.0 cm³/mol. The Morgan fingerprint density at radius 1 is 1.08 bits per heavy atom. The Bertz CT molecular complexity index is 921. The van der Waals surface area contributed by atoms with Gasteiger partial charge in [0, 0.05) is 50.4 Å². The van der Waals surface area contributed by atoms with Gasteiger partial charge in [-0.3, -0.25) is 4.79 Å². The minimum atomic E-state index is 0.0887. The zero-order chi connectivity index (χ0) is 17.5. The van der Waals surface area contributed by atoms with Gasteiger partial charge in [-0.1, -0.05) is 6.08 Å². The molecule has 2 aromatic rings. The van der Waals surface area contributed by atoms with Crippen LogP contribution in [0.15, 0.2) is 42.1 Å². The summed E-state index contributed by atoms with van der Waals surface area (Å²) in [5, 5.41) is 0. The molecule has 0 radical (unpaired) electrons. The first-order chi connectivity index (χ1) is 12.8. The summed E-state index contributed by atoms with van der Waals surface area (Å²) in [7, 11) is 0. The first-order valence-electron chi connectivity index (χ1n) is 9.29. The highest BCUT2D eigenvalue weighted by atomic mass is 16.5. The van der Waals surface area contributed by atoms with Crippen molar-refractivity contribution in [2.45, 2.75) is 13.0 Å². The van der Waals surface area contributed by atoms with Crippen molar-refractivity contribution in [3.8, 4) is 0 Å². The highest BCUT2D eigenvalue weighted by molar-refractivity contribution is 5.97. The summed E-state index contributed by atoms with van der Waals surface area (Å²) in [6.07, 6.45) is 7.32. The molecule has 0 spiro atoms. The lowest BCUT2D eigenvalue weighted by Gasteiger charge is -2.27. The number of carbonyl (C=O) groups excluding carboxylic acids is 1. The van der Waals surface area contributed by atoms with Gasteiger partial charge in [0.25, 0.3) is 5.91 Å². The van der Waals surface area contributed by atoms with E-state index in [0.29, 0.717) is 26.3 Å². The van der Waals surface area contributed by atoms with Crippen molar-refractivity contribution in [2.75, 3.05) is 39.4 Å². The van der Waals surface area contributed by atoms with Crippen LogP contribution < -0.4 is 0 Å². The highest BCUT2D eigenvalue weighted by Crippen LogP contribution is 2.24. The average molecular weight is 350 g/mol. The Kier molecular flexibility index (Phi) is 3.78. The molecule has 6 nitrogen and oxygen atoms in total.